The van der Waals surface area contributed by atoms with E-state index in [1.54, 1.807) is 6.07 Å². The molecule has 3 aromatic carbocycles. The van der Waals surface area contributed by atoms with Crippen LogP contribution in [0.15, 0.2) is 42.5 Å². The molecule has 0 radical (unpaired) electrons. The van der Waals surface area contributed by atoms with Crippen molar-refractivity contribution < 1.29 is 33.2 Å². The lowest BCUT2D eigenvalue weighted by atomic mass is 9.90. The number of carbonyl (C=O) groups is 1. The molecule has 1 saturated heterocycles. The van der Waals surface area contributed by atoms with Gasteiger partial charge in [-0.3, -0.25) is 4.79 Å². The van der Waals surface area contributed by atoms with Gasteiger partial charge in [-0.15, -0.1) is 0 Å². The Morgan fingerprint density at radius 3 is 2.58 bits per heavy atom. The summed E-state index contributed by atoms with van der Waals surface area (Å²) in [7, 11) is 0. The van der Waals surface area contributed by atoms with Crippen LogP contribution in [0.4, 0.5) is 4.39 Å². The van der Waals surface area contributed by atoms with Crippen molar-refractivity contribution in [3.63, 3.8) is 0 Å². The van der Waals surface area contributed by atoms with Gasteiger partial charge < -0.3 is 24.1 Å². The number of aryl methyl sites for hydroxylation is 2. The Hall–Kier alpha value is -3.58. The average Bonchev–Trinajstić information content (AvgIpc) is 3.61. The second kappa shape index (κ2) is 9.95. The van der Waals surface area contributed by atoms with Crippen molar-refractivity contribution in [2.24, 2.45) is 0 Å². The smallest absolute Gasteiger partial charge is 0.304 e. The van der Waals surface area contributed by atoms with Gasteiger partial charge in [0.05, 0.1) is 26.2 Å². The number of carboxylic acid groups (broad SMARTS) is 1. The minimum absolute atomic E-state index is 0.0259. The first-order valence-electron chi connectivity index (χ1n) is 13.2. The predicted molar refractivity (Wildman–Crippen MR) is 140 cm³/mol. The Morgan fingerprint density at radius 1 is 1.03 bits per heavy atom. The summed E-state index contributed by atoms with van der Waals surface area (Å²) in [5.74, 6) is 0.784. The normalized spacial score (nSPS) is 21.6. The molecule has 1 aliphatic carbocycles. The quantitative estimate of drug-likeness (QED) is 0.396. The fraction of sp³-hybridized carbons (Fsp3) is 0.387. The van der Waals surface area contributed by atoms with Gasteiger partial charge in [-0.25, -0.2) is 4.39 Å². The van der Waals surface area contributed by atoms with Gasteiger partial charge in [0.1, 0.15) is 35.3 Å². The van der Waals surface area contributed by atoms with E-state index in [9.17, 15) is 4.79 Å². The Kier molecular flexibility index (Phi) is 6.48. The van der Waals surface area contributed by atoms with Crippen molar-refractivity contribution in [2.45, 2.75) is 57.7 Å². The van der Waals surface area contributed by atoms with Crippen LogP contribution in [0.5, 0.6) is 17.2 Å². The van der Waals surface area contributed by atoms with Crippen molar-refractivity contribution in [1.82, 2.24) is 0 Å². The van der Waals surface area contributed by atoms with Gasteiger partial charge in [0.15, 0.2) is 0 Å². The first kappa shape index (κ1) is 24.7. The molecule has 3 aliphatic rings. The van der Waals surface area contributed by atoms with Crippen molar-refractivity contribution in [1.29, 1.82) is 0 Å². The molecule has 38 heavy (non-hydrogen) atoms. The molecule has 0 bridgehead atoms. The Labute approximate surface area is 221 Å². The maximum Gasteiger partial charge on any atom is 0.304 e. The van der Waals surface area contributed by atoms with E-state index >= 15 is 4.39 Å². The SMILES string of the molecule is Cc1cc(OC2CCOC2)cc(C)c1-c1ccc(F)c2c1CC[C@H]2Oc1ccc2c(c1)OC[C@H]2CC(=O)O. The molecule has 1 N–H and O–H groups in total. The van der Waals surface area contributed by atoms with Gasteiger partial charge in [0, 0.05) is 29.5 Å². The summed E-state index contributed by atoms with van der Waals surface area (Å²) < 4.78 is 38.8. The summed E-state index contributed by atoms with van der Waals surface area (Å²) in [5, 5.41) is 9.15. The van der Waals surface area contributed by atoms with Crippen LogP contribution in [0.3, 0.4) is 0 Å². The topological polar surface area (TPSA) is 74.2 Å². The number of rotatable bonds is 7. The molecule has 6 nitrogen and oxygen atoms in total. The first-order chi connectivity index (χ1) is 18.4. The lowest BCUT2D eigenvalue weighted by Crippen LogP contribution is -2.15. The molecule has 2 aliphatic heterocycles. The van der Waals surface area contributed by atoms with Gasteiger partial charge in [-0.05, 0) is 78.8 Å². The third-order valence-electron chi connectivity index (χ3n) is 7.81. The Morgan fingerprint density at radius 2 is 1.84 bits per heavy atom. The van der Waals surface area contributed by atoms with Crippen LogP contribution in [0.2, 0.25) is 0 Å². The third kappa shape index (κ3) is 4.60. The van der Waals surface area contributed by atoms with Crippen LogP contribution < -0.4 is 14.2 Å². The third-order valence-corrected chi connectivity index (χ3v) is 7.81. The second-order valence-electron chi connectivity index (χ2n) is 10.5. The highest BCUT2D eigenvalue weighted by Gasteiger charge is 2.32. The maximum atomic E-state index is 15.2. The minimum Gasteiger partial charge on any atom is -0.492 e. The Balaban J connectivity index is 1.27. The van der Waals surface area contributed by atoms with E-state index < -0.39 is 12.1 Å². The number of aliphatic carboxylic acids is 1. The molecular formula is C31H31FO6. The average molecular weight is 519 g/mol. The molecule has 3 atom stereocenters. The van der Waals surface area contributed by atoms with Crippen LogP contribution >= 0.6 is 0 Å². The zero-order valence-electron chi connectivity index (χ0n) is 21.6. The van der Waals surface area contributed by atoms with Crippen LogP contribution in [0, 0.1) is 19.7 Å². The summed E-state index contributed by atoms with van der Waals surface area (Å²) in [4.78, 5) is 11.1. The molecule has 6 rings (SSSR count). The van der Waals surface area contributed by atoms with Crippen LogP contribution in [0.1, 0.15) is 59.1 Å². The summed E-state index contributed by atoms with van der Waals surface area (Å²) in [6.07, 6.45) is 1.98. The summed E-state index contributed by atoms with van der Waals surface area (Å²) in [5.41, 5.74) is 6.78. The molecule has 2 heterocycles. The van der Waals surface area contributed by atoms with Crippen LogP contribution in [-0.4, -0.2) is 37.0 Å². The summed E-state index contributed by atoms with van der Waals surface area (Å²) >= 11 is 0. The molecular weight excluding hydrogens is 487 g/mol. The van der Waals surface area contributed by atoms with E-state index in [0.717, 1.165) is 52.2 Å². The summed E-state index contributed by atoms with van der Waals surface area (Å²) in [6.45, 7) is 5.83. The number of carboxylic acids is 1. The second-order valence-corrected chi connectivity index (χ2v) is 10.5. The largest absolute Gasteiger partial charge is 0.492 e. The maximum absolute atomic E-state index is 15.2. The molecule has 198 valence electrons. The zero-order chi connectivity index (χ0) is 26.4. The summed E-state index contributed by atoms with van der Waals surface area (Å²) in [6, 6.07) is 13.0. The fourth-order valence-corrected chi connectivity index (χ4v) is 6.11. The minimum atomic E-state index is -0.850. The number of halogens is 1. The van der Waals surface area contributed by atoms with Gasteiger partial charge in [0.2, 0.25) is 0 Å². The van der Waals surface area contributed by atoms with Gasteiger partial charge in [0.25, 0.3) is 0 Å². The highest BCUT2D eigenvalue weighted by atomic mass is 19.1. The molecule has 1 unspecified atom stereocenters. The van der Waals surface area contributed by atoms with E-state index in [2.05, 4.69) is 26.0 Å². The van der Waals surface area contributed by atoms with Gasteiger partial charge >= 0.3 is 5.97 Å². The molecule has 0 amide bonds. The number of hydrogen-bond acceptors (Lipinski definition) is 5. The van der Waals surface area contributed by atoms with E-state index in [1.165, 1.54) is 6.07 Å². The van der Waals surface area contributed by atoms with E-state index in [-0.39, 0.29) is 24.3 Å². The van der Waals surface area contributed by atoms with E-state index in [1.807, 2.05) is 18.2 Å². The van der Waals surface area contributed by atoms with Gasteiger partial charge in [-0.2, -0.15) is 0 Å². The van der Waals surface area contributed by atoms with Crippen LogP contribution in [-0.2, 0) is 16.0 Å². The molecule has 0 spiro atoms. The lowest BCUT2D eigenvalue weighted by molar-refractivity contribution is -0.137. The zero-order valence-corrected chi connectivity index (χ0v) is 21.6. The molecule has 7 heteroatoms. The molecule has 3 aromatic rings. The highest BCUT2D eigenvalue weighted by molar-refractivity contribution is 5.76. The van der Waals surface area contributed by atoms with E-state index in [0.29, 0.717) is 43.1 Å². The highest BCUT2D eigenvalue weighted by Crippen LogP contribution is 2.45. The first-order valence-corrected chi connectivity index (χ1v) is 13.2. The molecule has 1 fully saturated rings. The molecule has 0 aromatic heterocycles. The molecule has 0 saturated carbocycles. The number of benzene rings is 3. The number of ether oxygens (including phenoxy) is 4. The van der Waals surface area contributed by atoms with Crippen molar-refractivity contribution in [2.75, 3.05) is 19.8 Å². The monoisotopic (exact) mass is 518 g/mol. The standard InChI is InChI=1S/C31H31FO6/c1-17-11-22(37-21-9-10-35-16-21)12-18(2)30(17)24-5-7-26(32)31-25(24)6-8-27(31)38-20-3-4-23-19(13-29(33)34)15-36-28(23)14-20/h3-5,7,11-12,14,19,21,27H,6,8-10,13,15-16H2,1-2H3,(H,33,34)/t19-,21?,27-/m1/s1. The van der Waals surface area contributed by atoms with Crippen molar-refractivity contribution >= 4 is 5.97 Å². The van der Waals surface area contributed by atoms with Crippen molar-refractivity contribution in [3.05, 3.63) is 76.1 Å². The Bertz CT molecular complexity index is 1370. The van der Waals surface area contributed by atoms with E-state index in [4.69, 9.17) is 24.1 Å². The number of fused-ring (bicyclic) bond motifs is 2. The van der Waals surface area contributed by atoms with Gasteiger partial charge in [-0.1, -0.05) is 12.1 Å². The van der Waals surface area contributed by atoms with Crippen LogP contribution in [0.25, 0.3) is 11.1 Å². The van der Waals surface area contributed by atoms with Crippen molar-refractivity contribution in [3.8, 4) is 28.4 Å². The predicted octanol–water partition coefficient (Wildman–Crippen LogP) is 6.29. The fourth-order valence-electron chi connectivity index (χ4n) is 6.11. The lowest BCUT2D eigenvalue weighted by Gasteiger charge is -2.20. The number of hydrogen-bond donors (Lipinski definition) is 1.